The molecule has 4 rings (SSSR count). The van der Waals surface area contributed by atoms with E-state index < -0.39 is 18.8 Å². The van der Waals surface area contributed by atoms with Crippen LogP contribution in [0.2, 0.25) is 0 Å². The van der Waals surface area contributed by atoms with Crippen molar-refractivity contribution in [2.75, 3.05) is 6.61 Å². The minimum absolute atomic E-state index is 0.0632. The molecule has 1 aromatic carbocycles. The van der Waals surface area contributed by atoms with E-state index in [1.165, 1.54) is 6.20 Å². The average Bonchev–Trinajstić information content (AvgIpc) is 3.11. The van der Waals surface area contributed by atoms with Gasteiger partial charge in [-0.05, 0) is 25.5 Å². The SMILES string of the molecule is C[C@@H](NC(=O)C1CC1c1nc2ccccc2o1)c1cnc(OCC(F)(F)F)s1. The van der Waals surface area contributed by atoms with Crippen LogP contribution in [0.15, 0.2) is 34.9 Å². The van der Waals surface area contributed by atoms with E-state index >= 15 is 0 Å². The summed E-state index contributed by atoms with van der Waals surface area (Å²) in [6.07, 6.45) is -2.36. The van der Waals surface area contributed by atoms with Gasteiger partial charge in [-0.25, -0.2) is 9.97 Å². The number of amides is 1. The molecule has 0 saturated heterocycles. The average molecular weight is 411 g/mol. The molecule has 2 heterocycles. The van der Waals surface area contributed by atoms with Gasteiger partial charge in [0, 0.05) is 12.1 Å². The number of carbonyl (C=O) groups is 1. The first-order valence-corrected chi connectivity index (χ1v) is 9.43. The van der Waals surface area contributed by atoms with Crippen LogP contribution in [-0.4, -0.2) is 28.7 Å². The smallest absolute Gasteiger partial charge is 0.422 e. The largest absolute Gasteiger partial charge is 0.460 e. The zero-order chi connectivity index (χ0) is 19.9. The highest BCUT2D eigenvalue weighted by molar-refractivity contribution is 7.13. The molecule has 28 heavy (non-hydrogen) atoms. The number of hydrogen-bond donors (Lipinski definition) is 1. The maximum atomic E-state index is 12.5. The van der Waals surface area contributed by atoms with Crippen LogP contribution in [0.3, 0.4) is 0 Å². The molecule has 6 nitrogen and oxygen atoms in total. The summed E-state index contributed by atoms with van der Waals surface area (Å²) in [4.78, 5) is 21.3. The topological polar surface area (TPSA) is 77.3 Å². The molecule has 1 saturated carbocycles. The highest BCUT2D eigenvalue weighted by Crippen LogP contribution is 2.48. The number of oxazole rings is 1. The monoisotopic (exact) mass is 411 g/mol. The number of aromatic nitrogens is 2. The van der Waals surface area contributed by atoms with Crippen molar-refractivity contribution in [3.63, 3.8) is 0 Å². The molecule has 1 aliphatic rings. The van der Waals surface area contributed by atoms with Crippen LogP contribution in [0.25, 0.3) is 11.1 Å². The molecular weight excluding hydrogens is 395 g/mol. The fourth-order valence-electron chi connectivity index (χ4n) is 2.88. The molecule has 0 bridgehead atoms. The summed E-state index contributed by atoms with van der Waals surface area (Å²) < 4.78 is 46.9. The quantitative estimate of drug-likeness (QED) is 0.658. The molecule has 1 amide bonds. The van der Waals surface area contributed by atoms with Gasteiger partial charge >= 0.3 is 6.18 Å². The fraction of sp³-hybridized carbons (Fsp3) is 0.389. The minimum Gasteiger partial charge on any atom is -0.460 e. The summed E-state index contributed by atoms with van der Waals surface area (Å²) in [5.41, 5.74) is 1.45. The standard InChI is InChI=1S/C18H16F3N3O3S/c1-9(14-7-22-17(28-14)26-8-18(19,20)21)23-15(25)10-6-11(10)16-24-12-4-2-3-5-13(12)27-16/h2-5,7,9-11H,6,8H2,1H3,(H,23,25)/t9-,10?,11?/m1/s1. The van der Waals surface area contributed by atoms with Crippen molar-refractivity contribution < 1.29 is 27.1 Å². The van der Waals surface area contributed by atoms with Crippen molar-refractivity contribution in [1.29, 1.82) is 0 Å². The number of carbonyl (C=O) groups excluding carboxylic acids is 1. The van der Waals surface area contributed by atoms with Crippen molar-refractivity contribution in [2.45, 2.75) is 31.5 Å². The number of alkyl halides is 3. The first-order chi connectivity index (χ1) is 13.3. The van der Waals surface area contributed by atoms with E-state index in [1.807, 2.05) is 24.3 Å². The third-order valence-electron chi connectivity index (χ3n) is 4.40. The number of benzene rings is 1. The van der Waals surface area contributed by atoms with Gasteiger partial charge in [0.05, 0.1) is 16.8 Å². The lowest BCUT2D eigenvalue weighted by Gasteiger charge is -2.11. The zero-order valence-corrected chi connectivity index (χ0v) is 15.5. The van der Waals surface area contributed by atoms with E-state index in [4.69, 9.17) is 4.42 Å². The Morgan fingerprint density at radius 3 is 2.96 bits per heavy atom. The number of fused-ring (bicyclic) bond motifs is 1. The number of ether oxygens (including phenoxy) is 1. The van der Waals surface area contributed by atoms with Crippen LogP contribution in [0.5, 0.6) is 5.19 Å². The van der Waals surface area contributed by atoms with E-state index in [-0.39, 0.29) is 22.9 Å². The van der Waals surface area contributed by atoms with Gasteiger partial charge in [0.2, 0.25) is 5.91 Å². The fourth-order valence-corrected chi connectivity index (χ4v) is 3.64. The highest BCUT2D eigenvalue weighted by Gasteiger charge is 2.47. The molecule has 2 unspecified atom stereocenters. The van der Waals surface area contributed by atoms with Crippen molar-refractivity contribution in [3.8, 4) is 5.19 Å². The van der Waals surface area contributed by atoms with Gasteiger partial charge in [0.25, 0.3) is 5.19 Å². The lowest BCUT2D eigenvalue weighted by Crippen LogP contribution is -2.28. The van der Waals surface area contributed by atoms with E-state index in [9.17, 15) is 18.0 Å². The van der Waals surface area contributed by atoms with Gasteiger partial charge in [-0.2, -0.15) is 13.2 Å². The van der Waals surface area contributed by atoms with Crippen molar-refractivity contribution in [1.82, 2.24) is 15.3 Å². The molecule has 3 aromatic rings. The molecule has 1 N–H and O–H groups in total. The second-order valence-electron chi connectivity index (χ2n) is 6.63. The number of nitrogens with zero attached hydrogens (tertiary/aromatic N) is 2. The Balaban J connectivity index is 1.33. The Labute approximate surface area is 161 Å². The minimum atomic E-state index is -4.42. The molecule has 148 valence electrons. The first kappa shape index (κ1) is 18.7. The van der Waals surface area contributed by atoms with Crippen LogP contribution in [-0.2, 0) is 4.79 Å². The molecule has 3 atom stereocenters. The Hall–Kier alpha value is -2.62. The lowest BCUT2D eigenvalue weighted by atomic mass is 10.2. The number of hydrogen-bond acceptors (Lipinski definition) is 6. The lowest BCUT2D eigenvalue weighted by molar-refractivity contribution is -0.153. The van der Waals surface area contributed by atoms with Gasteiger partial charge in [-0.1, -0.05) is 23.5 Å². The second kappa shape index (κ2) is 7.08. The van der Waals surface area contributed by atoms with Crippen molar-refractivity contribution in [2.24, 2.45) is 5.92 Å². The molecular formula is C18H16F3N3O3S. The normalized spacial score (nSPS) is 20.1. The number of para-hydroxylation sites is 2. The Morgan fingerprint density at radius 1 is 1.43 bits per heavy atom. The van der Waals surface area contributed by atoms with Gasteiger partial charge in [-0.3, -0.25) is 4.79 Å². The summed E-state index contributed by atoms with van der Waals surface area (Å²) >= 11 is 0.977. The molecule has 0 spiro atoms. The van der Waals surface area contributed by atoms with E-state index in [2.05, 4.69) is 20.0 Å². The third kappa shape index (κ3) is 4.11. The summed E-state index contributed by atoms with van der Waals surface area (Å²) in [6, 6.07) is 7.02. The second-order valence-corrected chi connectivity index (χ2v) is 7.66. The molecule has 0 aliphatic heterocycles. The van der Waals surface area contributed by atoms with Crippen LogP contribution in [0.1, 0.15) is 36.1 Å². The Kier molecular flexibility index (Phi) is 4.74. The van der Waals surface area contributed by atoms with Gasteiger partial charge in [-0.15, -0.1) is 0 Å². The number of thiazole rings is 1. The maximum absolute atomic E-state index is 12.5. The predicted octanol–water partition coefficient (Wildman–Crippen LogP) is 4.21. The van der Waals surface area contributed by atoms with E-state index in [0.717, 1.165) is 16.9 Å². The Bertz CT molecular complexity index is 968. The third-order valence-corrected chi connectivity index (χ3v) is 5.49. The number of halogens is 3. The van der Waals surface area contributed by atoms with E-state index in [1.54, 1.807) is 6.92 Å². The predicted molar refractivity (Wildman–Crippen MR) is 95.1 cm³/mol. The molecule has 1 fully saturated rings. The van der Waals surface area contributed by atoms with Crippen LogP contribution in [0.4, 0.5) is 13.2 Å². The van der Waals surface area contributed by atoms with Gasteiger partial charge < -0.3 is 14.5 Å². The van der Waals surface area contributed by atoms with Gasteiger partial charge in [0.1, 0.15) is 5.52 Å². The first-order valence-electron chi connectivity index (χ1n) is 8.61. The van der Waals surface area contributed by atoms with Crippen LogP contribution >= 0.6 is 11.3 Å². The molecule has 2 aromatic heterocycles. The van der Waals surface area contributed by atoms with Crippen LogP contribution in [0, 0.1) is 5.92 Å². The van der Waals surface area contributed by atoms with Crippen molar-refractivity contribution >= 4 is 28.3 Å². The van der Waals surface area contributed by atoms with E-state index in [0.29, 0.717) is 22.8 Å². The summed E-state index contributed by atoms with van der Waals surface area (Å²) in [7, 11) is 0. The highest BCUT2D eigenvalue weighted by atomic mass is 32.1. The van der Waals surface area contributed by atoms with Gasteiger partial charge in [0.15, 0.2) is 18.1 Å². The maximum Gasteiger partial charge on any atom is 0.422 e. The zero-order valence-electron chi connectivity index (χ0n) is 14.7. The molecule has 0 radical (unpaired) electrons. The molecule has 10 heteroatoms. The summed E-state index contributed by atoms with van der Waals surface area (Å²) in [5.74, 6) is 0.108. The number of rotatable bonds is 6. The summed E-state index contributed by atoms with van der Waals surface area (Å²) in [5, 5.41) is 2.78. The summed E-state index contributed by atoms with van der Waals surface area (Å²) in [6.45, 7) is 0.352. The Morgan fingerprint density at radius 2 is 2.21 bits per heavy atom. The molecule has 1 aliphatic carbocycles. The van der Waals surface area contributed by atoms with Crippen LogP contribution < -0.4 is 10.1 Å². The number of nitrogens with one attached hydrogen (secondary N) is 1. The van der Waals surface area contributed by atoms with Crippen molar-refractivity contribution in [3.05, 3.63) is 41.2 Å².